The number of anilines is 1. The van der Waals surface area contributed by atoms with E-state index in [4.69, 9.17) is 27.9 Å². The fourth-order valence-corrected chi connectivity index (χ4v) is 4.80. The summed E-state index contributed by atoms with van der Waals surface area (Å²) in [7, 11) is 1.48. The summed E-state index contributed by atoms with van der Waals surface area (Å²) < 4.78 is 31.2. The zero-order valence-electron chi connectivity index (χ0n) is 26.9. The van der Waals surface area contributed by atoms with Gasteiger partial charge in [0.25, 0.3) is 5.91 Å². The number of nitrogens with zero attached hydrogens (tertiary/aromatic N) is 1. The number of hydrogen-bond donors (Lipinski definition) is 2. The summed E-state index contributed by atoms with van der Waals surface area (Å²) in [5.41, 5.74) is 1.72. The van der Waals surface area contributed by atoms with Gasteiger partial charge in [-0.2, -0.15) is 5.26 Å². The third kappa shape index (κ3) is 14.8. The molecule has 45 heavy (non-hydrogen) atoms. The lowest BCUT2D eigenvalue weighted by Crippen LogP contribution is -2.30. The number of hydrogen-bond acceptors (Lipinski definition) is 4. The fraction of sp³-hybridized carbons (Fsp3) is 0.400. The summed E-state index contributed by atoms with van der Waals surface area (Å²) in [6, 6.07) is 18.1. The first-order valence-electron chi connectivity index (χ1n) is 14.6. The van der Waals surface area contributed by atoms with Crippen LogP contribution < -0.4 is 15.4 Å². The highest BCUT2D eigenvalue weighted by molar-refractivity contribution is 6.31. The van der Waals surface area contributed by atoms with Gasteiger partial charge in [-0.05, 0) is 80.8 Å². The monoisotopic (exact) mass is 661 g/mol. The van der Waals surface area contributed by atoms with Crippen LogP contribution in [0.15, 0.2) is 60.7 Å². The number of halogens is 4. The second-order valence-corrected chi connectivity index (χ2v) is 12.8. The molecule has 0 spiro atoms. The van der Waals surface area contributed by atoms with Crippen LogP contribution in [0.2, 0.25) is 10.0 Å². The summed E-state index contributed by atoms with van der Waals surface area (Å²) in [6.45, 7) is 12.6. The van der Waals surface area contributed by atoms with E-state index in [0.29, 0.717) is 41.3 Å². The molecule has 2 atom stereocenters. The zero-order chi connectivity index (χ0) is 34.2. The Bertz CT molecular complexity index is 1400. The van der Waals surface area contributed by atoms with Crippen LogP contribution in [-0.4, -0.2) is 25.5 Å². The van der Waals surface area contributed by atoms with E-state index < -0.39 is 11.7 Å². The van der Waals surface area contributed by atoms with Gasteiger partial charge in [0.2, 0.25) is 6.41 Å². The predicted octanol–water partition coefficient (Wildman–Crippen LogP) is 9.82. The van der Waals surface area contributed by atoms with Crippen LogP contribution >= 0.6 is 23.2 Å². The number of amides is 2. The van der Waals surface area contributed by atoms with Gasteiger partial charge in [0.15, 0.2) is 0 Å². The molecule has 6 nitrogen and oxygen atoms in total. The molecule has 2 unspecified atom stereocenters. The van der Waals surface area contributed by atoms with Crippen molar-refractivity contribution >= 4 is 41.2 Å². The third-order valence-corrected chi connectivity index (χ3v) is 6.94. The summed E-state index contributed by atoms with van der Waals surface area (Å²) in [4.78, 5) is 22.1. The van der Waals surface area contributed by atoms with E-state index in [0.717, 1.165) is 12.8 Å². The van der Waals surface area contributed by atoms with Gasteiger partial charge in [0.05, 0.1) is 34.8 Å². The van der Waals surface area contributed by atoms with Gasteiger partial charge in [0, 0.05) is 17.2 Å². The van der Waals surface area contributed by atoms with Crippen LogP contribution in [-0.2, 0) is 4.79 Å². The molecule has 0 aliphatic rings. The molecule has 10 heteroatoms. The molecule has 3 rings (SSSR count). The van der Waals surface area contributed by atoms with Crippen LogP contribution in [0.1, 0.15) is 82.6 Å². The van der Waals surface area contributed by atoms with E-state index in [1.165, 1.54) is 25.3 Å². The van der Waals surface area contributed by atoms with Crippen LogP contribution in [0.4, 0.5) is 14.5 Å². The van der Waals surface area contributed by atoms with E-state index in [2.05, 4.69) is 44.4 Å². The van der Waals surface area contributed by atoms with Crippen LogP contribution in [0.5, 0.6) is 5.75 Å². The minimum Gasteiger partial charge on any atom is -0.495 e. The van der Waals surface area contributed by atoms with Crippen molar-refractivity contribution in [2.75, 3.05) is 12.4 Å². The third-order valence-electron chi connectivity index (χ3n) is 6.34. The van der Waals surface area contributed by atoms with Crippen molar-refractivity contribution in [2.45, 2.75) is 72.8 Å². The molecule has 0 saturated heterocycles. The molecule has 3 aromatic carbocycles. The highest BCUT2D eigenvalue weighted by Gasteiger charge is 2.20. The van der Waals surface area contributed by atoms with Gasteiger partial charge in [0.1, 0.15) is 17.4 Å². The van der Waals surface area contributed by atoms with Crippen molar-refractivity contribution in [3.63, 3.8) is 0 Å². The maximum absolute atomic E-state index is 14.0. The zero-order valence-corrected chi connectivity index (χ0v) is 28.4. The number of carbonyl (C=O) groups is 2. The van der Waals surface area contributed by atoms with Gasteiger partial charge in [-0.15, -0.1) is 0 Å². The molecule has 0 bridgehead atoms. The second kappa shape index (κ2) is 19.7. The smallest absolute Gasteiger partial charge is 0.251 e. The highest BCUT2D eigenvalue weighted by atomic mass is 35.5. The number of ether oxygens (including phenoxy) is 1. The first-order valence-corrected chi connectivity index (χ1v) is 15.3. The largest absolute Gasteiger partial charge is 0.495 e. The Morgan fingerprint density at radius 3 is 2.16 bits per heavy atom. The van der Waals surface area contributed by atoms with E-state index in [1.54, 1.807) is 42.5 Å². The standard InChI is InChI=1S/C17H23ClFN.C12H16N2O3.C6H4ClF/c1-12(10-17(2,3)4)8-9-13(11-20)14-6-5-7-15(18)16(14)19;1-8(2)14-12(16)9-4-5-10(13-7-15)11(6-9)17-3;7-5-3-1-2-4-6(5)8/h5-7,12-13H,8-10H2,1-4H3;4-8H,1-3H3,(H,13,15)(H,14,16);1-4H. The normalized spacial score (nSPS) is 11.9. The van der Waals surface area contributed by atoms with Gasteiger partial charge < -0.3 is 15.4 Å². The molecule has 244 valence electrons. The lowest BCUT2D eigenvalue weighted by atomic mass is 9.82. The number of rotatable bonds is 10. The van der Waals surface area contributed by atoms with Gasteiger partial charge in [-0.3, -0.25) is 9.59 Å². The van der Waals surface area contributed by atoms with E-state index in [1.807, 2.05) is 13.8 Å². The molecule has 2 N–H and O–H groups in total. The Labute approximate surface area is 276 Å². The fourth-order valence-electron chi connectivity index (χ4n) is 4.48. The first kappa shape index (κ1) is 39.4. The second-order valence-electron chi connectivity index (χ2n) is 12.0. The summed E-state index contributed by atoms with van der Waals surface area (Å²) in [5, 5.41) is 14.8. The molecule has 3 aromatic rings. The first-order chi connectivity index (χ1) is 21.1. The topological polar surface area (TPSA) is 91.2 Å². The molecule has 0 fully saturated rings. The molecule has 0 radical (unpaired) electrons. The van der Waals surface area contributed by atoms with E-state index >= 15 is 0 Å². The minimum atomic E-state index is -0.454. The Morgan fingerprint density at radius 1 is 1.00 bits per heavy atom. The lowest BCUT2D eigenvalue weighted by Gasteiger charge is -2.23. The van der Waals surface area contributed by atoms with Crippen molar-refractivity contribution in [1.29, 1.82) is 5.26 Å². The summed E-state index contributed by atoms with van der Waals surface area (Å²) in [5.74, 6) is -0.438. The minimum absolute atomic E-state index is 0.0706. The van der Waals surface area contributed by atoms with Crippen LogP contribution in [0, 0.1) is 34.3 Å². The number of methoxy groups -OCH3 is 1. The van der Waals surface area contributed by atoms with Crippen molar-refractivity contribution in [3.8, 4) is 11.8 Å². The molecular weight excluding hydrogens is 619 g/mol. The molecule has 0 heterocycles. The maximum atomic E-state index is 14.0. The predicted molar refractivity (Wildman–Crippen MR) is 179 cm³/mol. The average Bonchev–Trinajstić information content (AvgIpc) is 2.96. The van der Waals surface area contributed by atoms with Crippen LogP contribution in [0.3, 0.4) is 0 Å². The summed E-state index contributed by atoms with van der Waals surface area (Å²) >= 11 is 11.1. The van der Waals surface area contributed by atoms with E-state index in [9.17, 15) is 23.6 Å². The highest BCUT2D eigenvalue weighted by Crippen LogP contribution is 2.32. The molecule has 0 aromatic heterocycles. The number of benzene rings is 3. The van der Waals surface area contributed by atoms with Crippen molar-refractivity contribution in [2.24, 2.45) is 11.3 Å². The molecule has 2 amide bonds. The SMILES string of the molecule is CC(CCC(C#N)c1cccc(Cl)c1F)CC(C)(C)C.COc1cc(C(=O)NC(C)C)ccc1NC=O.Fc1ccccc1Cl. The Hall–Kier alpha value is -3.67. The number of nitriles is 1. The molecular formula is C35H43Cl2F2N3O3. The van der Waals surface area contributed by atoms with Crippen LogP contribution in [0.25, 0.3) is 0 Å². The Balaban J connectivity index is 0.000000365. The lowest BCUT2D eigenvalue weighted by molar-refractivity contribution is -0.105. The van der Waals surface area contributed by atoms with Gasteiger partial charge >= 0.3 is 0 Å². The van der Waals surface area contributed by atoms with Crippen molar-refractivity contribution in [1.82, 2.24) is 5.32 Å². The molecule has 0 aliphatic heterocycles. The van der Waals surface area contributed by atoms with Crippen molar-refractivity contribution < 1.29 is 23.1 Å². The Kier molecular flexibility index (Phi) is 17.2. The quantitative estimate of drug-likeness (QED) is 0.212. The number of carbonyl (C=O) groups excluding carboxylic acids is 2. The van der Waals surface area contributed by atoms with E-state index in [-0.39, 0.29) is 33.2 Å². The molecule has 0 aliphatic carbocycles. The number of nitrogens with one attached hydrogen (secondary N) is 2. The van der Waals surface area contributed by atoms with Gasteiger partial charge in [-0.1, -0.05) is 75.2 Å². The average molecular weight is 663 g/mol. The summed E-state index contributed by atoms with van der Waals surface area (Å²) in [6.07, 6.45) is 3.25. The maximum Gasteiger partial charge on any atom is 0.251 e. The Morgan fingerprint density at radius 2 is 1.64 bits per heavy atom. The van der Waals surface area contributed by atoms with Crippen molar-refractivity contribution in [3.05, 3.63) is 93.5 Å². The molecule has 0 saturated carbocycles. The van der Waals surface area contributed by atoms with Gasteiger partial charge in [-0.25, -0.2) is 8.78 Å².